The summed E-state index contributed by atoms with van der Waals surface area (Å²) in [6.45, 7) is 5.16. The summed E-state index contributed by atoms with van der Waals surface area (Å²) in [7, 11) is 0. The fourth-order valence-electron chi connectivity index (χ4n) is 2.67. The lowest BCUT2D eigenvalue weighted by molar-refractivity contribution is -0.118. The Labute approximate surface area is 178 Å². The highest BCUT2D eigenvalue weighted by molar-refractivity contribution is 7.21. The molecule has 0 saturated heterocycles. The standard InChI is InChI=1S/C22H22N4O3S/c1-22(2,3)29-21(28)26-17(12-13-23)19(27)24-15-10-8-14(9-11-15)20-25-16-6-4-5-7-18(16)30-20/h4-11,17H,12H2,1-3H3,(H,24,27)(H,26,28)/t17-/m1/s1. The van der Waals surface area contributed by atoms with Gasteiger partial charge in [-0.25, -0.2) is 9.78 Å². The Morgan fingerprint density at radius 1 is 1.17 bits per heavy atom. The highest BCUT2D eigenvalue weighted by Crippen LogP contribution is 2.30. The molecule has 0 aliphatic carbocycles. The Balaban J connectivity index is 1.67. The number of hydrogen-bond donors (Lipinski definition) is 2. The number of nitriles is 1. The average molecular weight is 423 g/mol. The molecule has 0 aliphatic rings. The number of anilines is 1. The van der Waals surface area contributed by atoms with Crippen molar-refractivity contribution in [2.75, 3.05) is 5.32 Å². The van der Waals surface area contributed by atoms with Crippen molar-refractivity contribution in [2.24, 2.45) is 0 Å². The zero-order valence-corrected chi connectivity index (χ0v) is 17.7. The number of ether oxygens (including phenoxy) is 1. The minimum absolute atomic E-state index is 0.172. The first-order valence-corrected chi connectivity index (χ1v) is 10.2. The van der Waals surface area contributed by atoms with E-state index in [1.165, 1.54) is 0 Å². The molecule has 0 unspecified atom stereocenters. The fraction of sp³-hybridized carbons (Fsp3) is 0.273. The lowest BCUT2D eigenvalue weighted by Crippen LogP contribution is -2.45. The van der Waals surface area contributed by atoms with Gasteiger partial charge >= 0.3 is 6.09 Å². The third-order valence-corrected chi connectivity index (χ3v) is 5.08. The van der Waals surface area contributed by atoms with Crippen molar-refractivity contribution < 1.29 is 14.3 Å². The van der Waals surface area contributed by atoms with E-state index in [2.05, 4.69) is 15.6 Å². The van der Waals surface area contributed by atoms with Crippen molar-refractivity contribution in [3.8, 4) is 16.6 Å². The number of nitrogens with one attached hydrogen (secondary N) is 2. The van der Waals surface area contributed by atoms with Gasteiger partial charge in [0.05, 0.1) is 22.7 Å². The first-order chi connectivity index (χ1) is 14.2. The molecule has 0 radical (unpaired) electrons. The molecule has 0 fully saturated rings. The summed E-state index contributed by atoms with van der Waals surface area (Å²) >= 11 is 1.60. The maximum absolute atomic E-state index is 12.5. The van der Waals surface area contributed by atoms with Gasteiger partial charge in [0.25, 0.3) is 0 Å². The van der Waals surface area contributed by atoms with Crippen LogP contribution in [0.1, 0.15) is 27.2 Å². The number of nitrogens with zero attached hydrogens (tertiary/aromatic N) is 2. The maximum atomic E-state index is 12.5. The Bertz CT molecular complexity index is 1060. The fourth-order valence-corrected chi connectivity index (χ4v) is 3.64. The van der Waals surface area contributed by atoms with Crippen LogP contribution in [0, 0.1) is 11.3 Å². The van der Waals surface area contributed by atoms with Crippen molar-refractivity contribution in [3.05, 3.63) is 48.5 Å². The Morgan fingerprint density at radius 2 is 1.87 bits per heavy atom. The van der Waals surface area contributed by atoms with E-state index in [0.717, 1.165) is 20.8 Å². The number of fused-ring (bicyclic) bond motifs is 1. The highest BCUT2D eigenvalue weighted by atomic mass is 32.1. The predicted molar refractivity (Wildman–Crippen MR) is 117 cm³/mol. The number of amides is 2. The summed E-state index contributed by atoms with van der Waals surface area (Å²) in [5, 5.41) is 15.0. The molecule has 0 bridgehead atoms. The molecule has 0 spiro atoms. The van der Waals surface area contributed by atoms with Crippen molar-refractivity contribution in [3.63, 3.8) is 0 Å². The summed E-state index contributed by atoms with van der Waals surface area (Å²) in [5.41, 5.74) is 1.74. The quantitative estimate of drug-likeness (QED) is 0.620. The van der Waals surface area contributed by atoms with Gasteiger partial charge in [0.1, 0.15) is 16.7 Å². The molecule has 7 nitrogen and oxygen atoms in total. The van der Waals surface area contributed by atoms with Crippen LogP contribution in [-0.4, -0.2) is 28.6 Å². The van der Waals surface area contributed by atoms with Gasteiger partial charge < -0.3 is 15.4 Å². The average Bonchev–Trinajstić information content (AvgIpc) is 3.11. The molecule has 1 heterocycles. The summed E-state index contributed by atoms with van der Waals surface area (Å²) < 4.78 is 6.27. The van der Waals surface area contributed by atoms with E-state index in [4.69, 9.17) is 10.00 Å². The summed E-state index contributed by atoms with van der Waals surface area (Å²) in [6, 6.07) is 16.1. The SMILES string of the molecule is CC(C)(C)OC(=O)N[C@H](CC#N)C(=O)Nc1ccc(-c2nc3ccccc3s2)cc1. The lowest BCUT2D eigenvalue weighted by atomic mass is 10.1. The topological polar surface area (TPSA) is 104 Å². The number of para-hydroxylation sites is 1. The van der Waals surface area contributed by atoms with E-state index >= 15 is 0 Å². The largest absolute Gasteiger partial charge is 0.444 e. The van der Waals surface area contributed by atoms with Crippen LogP contribution in [0.3, 0.4) is 0 Å². The number of alkyl carbamates (subject to hydrolysis) is 1. The first-order valence-electron chi connectivity index (χ1n) is 9.38. The Kier molecular flexibility index (Phi) is 6.33. The second-order valence-corrected chi connectivity index (χ2v) is 8.65. The molecule has 2 N–H and O–H groups in total. The van der Waals surface area contributed by atoms with Gasteiger partial charge in [-0.1, -0.05) is 12.1 Å². The zero-order valence-electron chi connectivity index (χ0n) is 16.9. The molecule has 30 heavy (non-hydrogen) atoms. The minimum Gasteiger partial charge on any atom is -0.444 e. The van der Waals surface area contributed by atoms with Crippen molar-refractivity contribution >= 4 is 39.2 Å². The van der Waals surface area contributed by atoms with Crippen LogP contribution in [0.5, 0.6) is 0 Å². The van der Waals surface area contributed by atoms with E-state index in [-0.39, 0.29) is 6.42 Å². The first kappa shape index (κ1) is 21.3. The smallest absolute Gasteiger partial charge is 0.408 e. The number of carbonyl (C=O) groups excluding carboxylic acids is 2. The number of thiazole rings is 1. The third kappa shape index (κ3) is 5.55. The molecule has 1 aromatic heterocycles. The van der Waals surface area contributed by atoms with Crippen LogP contribution in [0.15, 0.2) is 48.5 Å². The van der Waals surface area contributed by atoms with Crippen LogP contribution in [0.4, 0.5) is 10.5 Å². The summed E-state index contributed by atoms with van der Waals surface area (Å²) in [6.07, 6.45) is -0.918. The van der Waals surface area contributed by atoms with Gasteiger partial charge in [-0.2, -0.15) is 5.26 Å². The van der Waals surface area contributed by atoms with Crippen molar-refractivity contribution in [2.45, 2.75) is 38.8 Å². The molecule has 3 aromatic rings. The monoisotopic (exact) mass is 422 g/mol. The predicted octanol–water partition coefficient (Wildman–Crippen LogP) is 4.71. The number of aromatic nitrogens is 1. The van der Waals surface area contributed by atoms with E-state index in [9.17, 15) is 9.59 Å². The molecule has 1 atom stereocenters. The van der Waals surface area contributed by atoms with Crippen LogP contribution in [-0.2, 0) is 9.53 Å². The van der Waals surface area contributed by atoms with E-state index in [0.29, 0.717) is 5.69 Å². The normalized spacial score (nSPS) is 12.1. The number of benzene rings is 2. The van der Waals surface area contributed by atoms with Crippen molar-refractivity contribution in [1.29, 1.82) is 5.26 Å². The minimum atomic E-state index is -1.02. The Morgan fingerprint density at radius 3 is 2.50 bits per heavy atom. The molecule has 2 amide bonds. The third-order valence-electron chi connectivity index (χ3n) is 4.00. The van der Waals surface area contributed by atoms with Gasteiger partial charge in [0.15, 0.2) is 0 Å². The summed E-state index contributed by atoms with van der Waals surface area (Å²) in [5.74, 6) is -0.491. The maximum Gasteiger partial charge on any atom is 0.408 e. The number of hydrogen-bond acceptors (Lipinski definition) is 6. The molecular weight excluding hydrogens is 400 g/mol. The molecule has 0 saturated carbocycles. The van der Waals surface area contributed by atoms with E-state index in [1.54, 1.807) is 44.2 Å². The summed E-state index contributed by atoms with van der Waals surface area (Å²) in [4.78, 5) is 29.1. The van der Waals surface area contributed by atoms with Gasteiger partial charge in [-0.3, -0.25) is 4.79 Å². The molecule has 8 heteroatoms. The van der Waals surface area contributed by atoms with Crippen LogP contribution in [0.2, 0.25) is 0 Å². The molecule has 2 aromatic carbocycles. The van der Waals surface area contributed by atoms with Crippen molar-refractivity contribution in [1.82, 2.24) is 10.3 Å². The van der Waals surface area contributed by atoms with Gasteiger partial charge in [-0.05, 0) is 57.2 Å². The van der Waals surface area contributed by atoms with E-state index in [1.807, 2.05) is 42.5 Å². The van der Waals surface area contributed by atoms with Gasteiger partial charge in [0.2, 0.25) is 5.91 Å². The molecule has 0 aliphatic heterocycles. The van der Waals surface area contributed by atoms with Crippen LogP contribution in [0.25, 0.3) is 20.8 Å². The van der Waals surface area contributed by atoms with E-state index < -0.39 is 23.6 Å². The van der Waals surface area contributed by atoms with Gasteiger partial charge in [-0.15, -0.1) is 11.3 Å². The zero-order chi connectivity index (χ0) is 21.7. The molecule has 3 rings (SSSR count). The molecular formula is C22H22N4O3S. The molecule has 154 valence electrons. The highest BCUT2D eigenvalue weighted by Gasteiger charge is 2.24. The Hall–Kier alpha value is -3.44. The number of carbonyl (C=O) groups is 2. The van der Waals surface area contributed by atoms with Crippen LogP contribution < -0.4 is 10.6 Å². The number of rotatable bonds is 5. The second-order valence-electron chi connectivity index (χ2n) is 7.61. The van der Waals surface area contributed by atoms with Crippen LogP contribution >= 0.6 is 11.3 Å². The van der Waals surface area contributed by atoms with Gasteiger partial charge in [0, 0.05) is 11.3 Å². The second kappa shape index (κ2) is 8.93. The lowest BCUT2D eigenvalue weighted by Gasteiger charge is -2.22.